The van der Waals surface area contributed by atoms with Crippen molar-refractivity contribution in [2.24, 2.45) is 0 Å². The first kappa shape index (κ1) is 13.3. The van der Waals surface area contributed by atoms with Gasteiger partial charge in [0.1, 0.15) is 12.1 Å². The predicted octanol–water partition coefficient (Wildman–Crippen LogP) is 0.821. The highest BCUT2D eigenvalue weighted by Crippen LogP contribution is 2.19. The summed E-state index contributed by atoms with van der Waals surface area (Å²) in [5, 5.41) is 17.7. The van der Waals surface area contributed by atoms with Gasteiger partial charge in [-0.15, -0.1) is 0 Å². The number of carboxylic acid groups (broad SMARTS) is 1. The maximum atomic E-state index is 12.2. The van der Waals surface area contributed by atoms with Crippen molar-refractivity contribution in [3.8, 4) is 0 Å². The Balaban J connectivity index is 2.76. The van der Waals surface area contributed by atoms with Crippen molar-refractivity contribution in [3.05, 3.63) is 22.2 Å². The maximum Gasteiger partial charge on any atom is 0.325 e. The van der Waals surface area contributed by atoms with Gasteiger partial charge in [0.2, 0.25) is 0 Å². The van der Waals surface area contributed by atoms with Crippen LogP contribution in [-0.2, 0) is 17.9 Å². The van der Waals surface area contributed by atoms with E-state index in [0.717, 1.165) is 4.68 Å². The molecule has 0 aliphatic rings. The molecule has 102 valence electrons. The van der Waals surface area contributed by atoms with Crippen LogP contribution in [-0.4, -0.2) is 30.6 Å². The quantitative estimate of drug-likeness (QED) is 0.883. The summed E-state index contributed by atoms with van der Waals surface area (Å²) in [6, 6.07) is 0. The zero-order chi connectivity index (χ0) is 14.2. The lowest BCUT2D eigenvalue weighted by Gasteiger charge is -2.08. The average Bonchev–Trinajstić information content (AvgIpc) is 2.76. The van der Waals surface area contributed by atoms with Gasteiger partial charge in [-0.2, -0.15) is 10.2 Å². The first-order valence-electron chi connectivity index (χ1n) is 6.14. The van der Waals surface area contributed by atoms with Gasteiger partial charge < -0.3 is 5.11 Å². The van der Waals surface area contributed by atoms with Gasteiger partial charge in [0.05, 0.1) is 11.1 Å². The molecular formula is C12H16N4O3. The van der Waals surface area contributed by atoms with Crippen molar-refractivity contribution >= 4 is 16.9 Å². The molecule has 1 N–H and O–H groups in total. The molecule has 0 spiro atoms. The van der Waals surface area contributed by atoms with Crippen molar-refractivity contribution in [2.45, 2.75) is 39.8 Å². The van der Waals surface area contributed by atoms with E-state index in [9.17, 15) is 9.59 Å². The van der Waals surface area contributed by atoms with Crippen LogP contribution in [0.3, 0.4) is 0 Å². The molecule has 0 aliphatic carbocycles. The molecule has 0 saturated carbocycles. The summed E-state index contributed by atoms with van der Waals surface area (Å²) in [5.41, 5.74) is 0.785. The number of hydrogen-bond donors (Lipinski definition) is 1. The maximum absolute atomic E-state index is 12.2. The van der Waals surface area contributed by atoms with E-state index in [2.05, 4.69) is 10.2 Å². The number of carboxylic acids is 1. The van der Waals surface area contributed by atoms with Gasteiger partial charge in [-0.25, -0.2) is 4.68 Å². The van der Waals surface area contributed by atoms with E-state index in [1.54, 1.807) is 10.9 Å². The van der Waals surface area contributed by atoms with E-state index in [-0.39, 0.29) is 5.92 Å². The number of aliphatic carboxylic acids is 1. The summed E-state index contributed by atoms with van der Waals surface area (Å²) < 4.78 is 2.65. The zero-order valence-electron chi connectivity index (χ0n) is 11.1. The molecule has 0 fully saturated rings. The van der Waals surface area contributed by atoms with Crippen LogP contribution in [0.5, 0.6) is 0 Å². The minimum absolute atomic E-state index is 0.0587. The molecule has 7 heteroatoms. The Morgan fingerprint density at radius 1 is 1.42 bits per heavy atom. The number of hydrogen-bond acceptors (Lipinski definition) is 4. The Labute approximate surface area is 109 Å². The lowest BCUT2D eigenvalue weighted by molar-refractivity contribution is -0.138. The van der Waals surface area contributed by atoms with E-state index in [4.69, 9.17) is 5.11 Å². The van der Waals surface area contributed by atoms with Crippen LogP contribution in [0.4, 0.5) is 0 Å². The lowest BCUT2D eigenvalue weighted by Crippen LogP contribution is -2.28. The first-order chi connectivity index (χ1) is 8.93. The Hall–Kier alpha value is -2.18. The average molecular weight is 264 g/mol. The summed E-state index contributed by atoms with van der Waals surface area (Å²) in [4.78, 5) is 22.9. The molecule has 2 aromatic rings. The number of fused-ring (bicyclic) bond motifs is 1. The molecule has 0 bridgehead atoms. The normalized spacial score (nSPS) is 11.4. The summed E-state index contributed by atoms with van der Waals surface area (Å²) in [7, 11) is 0. The van der Waals surface area contributed by atoms with Crippen molar-refractivity contribution in [1.82, 2.24) is 19.6 Å². The molecule has 0 unspecified atom stereocenters. The molecule has 0 saturated heterocycles. The van der Waals surface area contributed by atoms with Gasteiger partial charge in [-0.05, 0) is 12.8 Å². The minimum Gasteiger partial charge on any atom is -0.480 e. The van der Waals surface area contributed by atoms with E-state index >= 15 is 0 Å². The standard InChI is InChI=1S/C12H16N4O3/c1-4-15-5-8-11(13-15)10(7(2)3)14-16(12(8)19)6-9(17)18/h5,7H,4,6H2,1-3H3,(H,17,18). The molecule has 19 heavy (non-hydrogen) atoms. The van der Waals surface area contributed by atoms with Crippen LogP contribution in [0, 0.1) is 0 Å². The number of rotatable bonds is 4. The lowest BCUT2D eigenvalue weighted by atomic mass is 10.1. The van der Waals surface area contributed by atoms with Crippen molar-refractivity contribution in [3.63, 3.8) is 0 Å². The molecule has 7 nitrogen and oxygen atoms in total. The summed E-state index contributed by atoms with van der Waals surface area (Å²) in [6.07, 6.45) is 1.64. The van der Waals surface area contributed by atoms with Crippen LogP contribution in [0.15, 0.2) is 11.0 Å². The highest BCUT2D eigenvalue weighted by atomic mass is 16.4. The fourth-order valence-electron chi connectivity index (χ4n) is 1.92. The van der Waals surface area contributed by atoms with E-state index in [1.807, 2.05) is 20.8 Å². The van der Waals surface area contributed by atoms with Crippen LogP contribution in [0.2, 0.25) is 0 Å². The fraction of sp³-hybridized carbons (Fsp3) is 0.500. The van der Waals surface area contributed by atoms with Gasteiger partial charge >= 0.3 is 5.97 Å². The van der Waals surface area contributed by atoms with Crippen LogP contribution >= 0.6 is 0 Å². The number of aryl methyl sites for hydroxylation is 1. The summed E-state index contributed by atoms with van der Waals surface area (Å²) in [6.45, 7) is 5.99. The molecule has 2 rings (SSSR count). The van der Waals surface area contributed by atoms with E-state index in [0.29, 0.717) is 23.1 Å². The summed E-state index contributed by atoms with van der Waals surface area (Å²) in [5.74, 6) is -1.03. The largest absolute Gasteiger partial charge is 0.480 e. The highest BCUT2D eigenvalue weighted by molar-refractivity contribution is 5.79. The third-order valence-electron chi connectivity index (χ3n) is 2.85. The zero-order valence-corrected chi connectivity index (χ0v) is 11.1. The molecule has 0 amide bonds. The van der Waals surface area contributed by atoms with Gasteiger partial charge in [0.25, 0.3) is 5.56 Å². The van der Waals surface area contributed by atoms with Crippen molar-refractivity contribution in [1.29, 1.82) is 0 Å². The number of aromatic nitrogens is 4. The van der Waals surface area contributed by atoms with Gasteiger partial charge in [0, 0.05) is 12.7 Å². The Morgan fingerprint density at radius 2 is 2.11 bits per heavy atom. The molecule has 0 aromatic carbocycles. The first-order valence-corrected chi connectivity index (χ1v) is 6.14. The Bertz CT molecular complexity index is 684. The molecule has 2 heterocycles. The Kier molecular flexibility index (Phi) is 3.37. The van der Waals surface area contributed by atoms with Crippen molar-refractivity contribution in [2.75, 3.05) is 0 Å². The van der Waals surface area contributed by atoms with E-state index in [1.165, 1.54) is 0 Å². The second-order valence-electron chi connectivity index (χ2n) is 4.64. The van der Waals surface area contributed by atoms with Crippen molar-refractivity contribution < 1.29 is 9.90 Å². The molecular weight excluding hydrogens is 248 g/mol. The van der Waals surface area contributed by atoms with Gasteiger partial charge in [-0.3, -0.25) is 14.3 Å². The third kappa shape index (κ3) is 2.35. The molecule has 0 atom stereocenters. The van der Waals surface area contributed by atoms with Crippen LogP contribution in [0.1, 0.15) is 32.4 Å². The highest BCUT2D eigenvalue weighted by Gasteiger charge is 2.17. The molecule has 2 aromatic heterocycles. The smallest absolute Gasteiger partial charge is 0.325 e. The SMILES string of the molecule is CCn1cc2c(=O)n(CC(=O)O)nc(C(C)C)c2n1. The Morgan fingerprint density at radius 3 is 2.63 bits per heavy atom. The number of nitrogens with zero attached hydrogens (tertiary/aromatic N) is 4. The topological polar surface area (TPSA) is 90.0 Å². The van der Waals surface area contributed by atoms with E-state index < -0.39 is 18.1 Å². The predicted molar refractivity (Wildman–Crippen MR) is 69.2 cm³/mol. The second-order valence-corrected chi connectivity index (χ2v) is 4.64. The van der Waals surface area contributed by atoms with Gasteiger partial charge in [-0.1, -0.05) is 13.8 Å². The summed E-state index contributed by atoms with van der Waals surface area (Å²) >= 11 is 0. The minimum atomic E-state index is -1.09. The number of carbonyl (C=O) groups is 1. The second kappa shape index (κ2) is 4.83. The van der Waals surface area contributed by atoms with Gasteiger partial charge in [0.15, 0.2) is 0 Å². The van der Waals surface area contributed by atoms with Crippen LogP contribution in [0.25, 0.3) is 10.9 Å². The fourth-order valence-corrected chi connectivity index (χ4v) is 1.92. The molecule has 0 aliphatic heterocycles. The van der Waals surface area contributed by atoms with Crippen LogP contribution < -0.4 is 5.56 Å². The monoisotopic (exact) mass is 264 g/mol. The molecule has 0 radical (unpaired) electrons. The third-order valence-corrected chi connectivity index (χ3v) is 2.85.